The third kappa shape index (κ3) is 3.31. The smallest absolute Gasteiger partial charge is 0.340 e. The molecule has 0 aliphatic rings. The number of hydrogen-bond donors (Lipinski definition) is 1. The monoisotopic (exact) mass is 243 g/mol. The topological polar surface area (TPSA) is 99.9 Å². The zero-order chi connectivity index (χ0) is 13.4. The second-order valence-electron chi connectivity index (χ2n) is 3.58. The van der Waals surface area contributed by atoms with Gasteiger partial charge in [-0.15, -0.1) is 0 Å². The van der Waals surface area contributed by atoms with Crippen molar-refractivity contribution in [2.75, 3.05) is 13.2 Å². The first kappa shape index (κ1) is 13.7. The Balaban J connectivity index is 2.85. The van der Waals surface area contributed by atoms with Gasteiger partial charge < -0.3 is 10.5 Å². The highest BCUT2D eigenvalue weighted by Gasteiger charge is 2.17. The van der Waals surface area contributed by atoms with E-state index < -0.39 is 5.97 Å². The van der Waals surface area contributed by atoms with Crippen LogP contribution in [-0.2, 0) is 4.74 Å². The van der Waals surface area contributed by atoms with Crippen LogP contribution in [-0.4, -0.2) is 19.1 Å². The number of rotatable bonds is 5. The first-order chi connectivity index (χ1) is 8.74. The number of carbonyl (C=O) groups is 1. The first-order valence-corrected chi connectivity index (χ1v) is 5.55. The Labute approximate surface area is 105 Å². The van der Waals surface area contributed by atoms with E-state index in [0.717, 1.165) is 6.42 Å². The van der Waals surface area contributed by atoms with Crippen molar-refractivity contribution in [3.63, 3.8) is 0 Å². The van der Waals surface area contributed by atoms with Crippen LogP contribution >= 0.6 is 0 Å². The van der Waals surface area contributed by atoms with Crippen LogP contribution in [0, 0.1) is 22.7 Å². The lowest BCUT2D eigenvalue weighted by atomic mass is 10.0. The molecule has 0 unspecified atom stereocenters. The molecule has 0 aliphatic carbocycles. The van der Waals surface area contributed by atoms with Gasteiger partial charge in [-0.2, -0.15) is 10.5 Å². The number of nitriles is 2. The normalized spacial score (nSPS) is 9.28. The van der Waals surface area contributed by atoms with Crippen molar-refractivity contribution in [3.8, 4) is 12.1 Å². The molecule has 1 aromatic carbocycles. The molecular formula is C13H13N3O2. The van der Waals surface area contributed by atoms with Gasteiger partial charge >= 0.3 is 5.97 Å². The minimum absolute atomic E-state index is 0.0373. The van der Waals surface area contributed by atoms with E-state index in [-0.39, 0.29) is 23.3 Å². The van der Waals surface area contributed by atoms with Crippen molar-refractivity contribution in [3.05, 3.63) is 34.9 Å². The summed E-state index contributed by atoms with van der Waals surface area (Å²) < 4.78 is 5.02. The van der Waals surface area contributed by atoms with Crippen molar-refractivity contribution in [2.45, 2.75) is 12.8 Å². The Kier molecular flexibility index (Phi) is 5.37. The van der Waals surface area contributed by atoms with E-state index in [4.69, 9.17) is 21.0 Å². The molecule has 0 aliphatic heterocycles. The molecule has 0 bridgehead atoms. The van der Waals surface area contributed by atoms with Gasteiger partial charge in [0.1, 0.15) is 12.1 Å². The molecule has 0 radical (unpaired) electrons. The second-order valence-corrected chi connectivity index (χ2v) is 3.58. The molecule has 0 amide bonds. The number of esters is 1. The highest BCUT2D eigenvalue weighted by Crippen LogP contribution is 2.15. The van der Waals surface area contributed by atoms with Gasteiger partial charge in [0.05, 0.1) is 23.3 Å². The molecule has 5 heteroatoms. The SMILES string of the molecule is N#Cc1cccc(C#N)c1C(=O)OCCCCN. The van der Waals surface area contributed by atoms with Gasteiger partial charge in [0, 0.05) is 0 Å². The summed E-state index contributed by atoms with van der Waals surface area (Å²) in [6.07, 6.45) is 1.43. The summed E-state index contributed by atoms with van der Waals surface area (Å²) >= 11 is 0. The molecule has 0 fully saturated rings. The van der Waals surface area contributed by atoms with Crippen LogP contribution in [0.2, 0.25) is 0 Å². The number of benzene rings is 1. The van der Waals surface area contributed by atoms with Gasteiger partial charge in [0.15, 0.2) is 0 Å². The molecule has 1 rings (SSSR count). The Morgan fingerprint density at radius 3 is 2.33 bits per heavy atom. The zero-order valence-corrected chi connectivity index (χ0v) is 9.85. The van der Waals surface area contributed by atoms with Crippen LogP contribution in [0.3, 0.4) is 0 Å². The number of hydrogen-bond acceptors (Lipinski definition) is 5. The van der Waals surface area contributed by atoms with Crippen molar-refractivity contribution >= 4 is 5.97 Å². The summed E-state index contributed by atoms with van der Waals surface area (Å²) in [5.41, 5.74) is 5.66. The van der Waals surface area contributed by atoms with Gasteiger partial charge in [-0.1, -0.05) is 6.07 Å². The quantitative estimate of drug-likeness (QED) is 0.621. The third-order valence-electron chi connectivity index (χ3n) is 2.34. The lowest BCUT2D eigenvalue weighted by Crippen LogP contribution is -2.11. The first-order valence-electron chi connectivity index (χ1n) is 5.55. The van der Waals surface area contributed by atoms with Gasteiger partial charge in [0.25, 0.3) is 0 Å². The summed E-state index contributed by atoms with van der Waals surface area (Å²) in [4.78, 5) is 11.8. The molecule has 0 saturated heterocycles. The van der Waals surface area contributed by atoms with Gasteiger partial charge in [-0.05, 0) is 31.5 Å². The number of unbranched alkanes of at least 4 members (excludes halogenated alkanes) is 1. The fourth-order valence-corrected chi connectivity index (χ4v) is 1.44. The Bertz CT molecular complexity index is 480. The molecule has 0 aromatic heterocycles. The minimum Gasteiger partial charge on any atom is -0.462 e. The van der Waals surface area contributed by atoms with Gasteiger partial charge in [-0.25, -0.2) is 4.79 Å². The van der Waals surface area contributed by atoms with Crippen LogP contribution in [0.15, 0.2) is 18.2 Å². The molecule has 1 aromatic rings. The lowest BCUT2D eigenvalue weighted by molar-refractivity contribution is 0.0498. The van der Waals surface area contributed by atoms with Crippen LogP contribution < -0.4 is 5.73 Å². The second kappa shape index (κ2) is 7.05. The number of ether oxygens (including phenoxy) is 1. The summed E-state index contributed by atoms with van der Waals surface area (Å²) in [6, 6.07) is 8.29. The highest BCUT2D eigenvalue weighted by atomic mass is 16.5. The van der Waals surface area contributed by atoms with Crippen LogP contribution in [0.25, 0.3) is 0 Å². The maximum Gasteiger partial charge on any atom is 0.340 e. The molecule has 5 nitrogen and oxygen atoms in total. The number of nitrogens with two attached hydrogens (primary N) is 1. The average Bonchev–Trinajstić information content (AvgIpc) is 2.42. The van der Waals surface area contributed by atoms with Crippen molar-refractivity contribution in [1.82, 2.24) is 0 Å². The fourth-order valence-electron chi connectivity index (χ4n) is 1.44. The number of nitrogens with zero attached hydrogens (tertiary/aromatic N) is 2. The Morgan fingerprint density at radius 2 is 1.83 bits per heavy atom. The molecule has 0 heterocycles. The predicted octanol–water partition coefficient (Wildman–Crippen LogP) is 1.33. The molecule has 0 saturated carbocycles. The van der Waals surface area contributed by atoms with E-state index in [9.17, 15) is 4.79 Å². The number of carbonyl (C=O) groups excluding carboxylic acids is 1. The minimum atomic E-state index is -0.638. The van der Waals surface area contributed by atoms with Crippen molar-refractivity contribution in [2.24, 2.45) is 5.73 Å². The average molecular weight is 243 g/mol. The predicted molar refractivity (Wildman–Crippen MR) is 64.4 cm³/mol. The molecule has 92 valence electrons. The summed E-state index contributed by atoms with van der Waals surface area (Å²) in [5.74, 6) is -0.638. The largest absolute Gasteiger partial charge is 0.462 e. The van der Waals surface area contributed by atoms with E-state index in [1.807, 2.05) is 12.1 Å². The van der Waals surface area contributed by atoms with Crippen molar-refractivity contribution < 1.29 is 9.53 Å². The third-order valence-corrected chi connectivity index (χ3v) is 2.34. The van der Waals surface area contributed by atoms with Crippen molar-refractivity contribution in [1.29, 1.82) is 10.5 Å². The molecule has 18 heavy (non-hydrogen) atoms. The zero-order valence-electron chi connectivity index (χ0n) is 9.85. The molecular weight excluding hydrogens is 230 g/mol. The summed E-state index contributed by atoms with van der Waals surface area (Å²) in [7, 11) is 0. The molecule has 0 spiro atoms. The maximum atomic E-state index is 11.8. The van der Waals surface area contributed by atoms with E-state index in [1.165, 1.54) is 12.1 Å². The van der Waals surface area contributed by atoms with Gasteiger partial charge in [0.2, 0.25) is 0 Å². The van der Waals surface area contributed by atoms with E-state index >= 15 is 0 Å². The summed E-state index contributed by atoms with van der Waals surface area (Å²) in [6.45, 7) is 0.774. The van der Waals surface area contributed by atoms with Crippen LogP contribution in [0.4, 0.5) is 0 Å². The van der Waals surface area contributed by atoms with Crippen LogP contribution in [0.1, 0.15) is 34.3 Å². The highest BCUT2D eigenvalue weighted by molar-refractivity contribution is 5.94. The van der Waals surface area contributed by atoms with Crippen LogP contribution in [0.5, 0.6) is 0 Å². The van der Waals surface area contributed by atoms with Gasteiger partial charge in [-0.3, -0.25) is 0 Å². The standard InChI is InChI=1S/C13H13N3O2/c14-6-1-2-7-18-13(17)12-10(8-15)4-3-5-11(12)9-16/h3-5H,1-2,6-7,14H2. The summed E-state index contributed by atoms with van der Waals surface area (Å²) in [5, 5.41) is 17.8. The maximum absolute atomic E-state index is 11.8. The fraction of sp³-hybridized carbons (Fsp3) is 0.308. The van der Waals surface area contributed by atoms with E-state index in [2.05, 4.69) is 0 Å². The van der Waals surface area contributed by atoms with E-state index in [0.29, 0.717) is 13.0 Å². The molecule has 0 atom stereocenters. The molecule has 2 N–H and O–H groups in total. The Morgan fingerprint density at radius 1 is 1.22 bits per heavy atom. The van der Waals surface area contributed by atoms with E-state index in [1.54, 1.807) is 6.07 Å². The Hall–Kier alpha value is -2.37. The lowest BCUT2D eigenvalue weighted by Gasteiger charge is -2.07.